The van der Waals surface area contributed by atoms with Gasteiger partial charge in [-0.1, -0.05) is 11.6 Å². The van der Waals surface area contributed by atoms with E-state index in [4.69, 9.17) is 11.6 Å². The molecule has 24 heavy (non-hydrogen) atoms. The fourth-order valence-corrected chi connectivity index (χ4v) is 2.82. The molecule has 3 aromatic rings. The van der Waals surface area contributed by atoms with Gasteiger partial charge in [0, 0.05) is 12.2 Å². The van der Waals surface area contributed by atoms with Gasteiger partial charge in [0.25, 0.3) is 5.91 Å². The molecule has 0 spiro atoms. The number of halogens is 2. The smallest absolute Gasteiger partial charge is 0.287 e. The van der Waals surface area contributed by atoms with Crippen molar-refractivity contribution in [3.63, 3.8) is 0 Å². The molecule has 1 N–H and O–H groups in total. The van der Waals surface area contributed by atoms with Crippen LogP contribution in [0.4, 0.5) is 4.39 Å². The largest absolute Gasteiger partial charge is 0.347 e. The number of carbonyl (C=O) groups is 1. The highest BCUT2D eigenvalue weighted by Crippen LogP contribution is 2.29. The standard InChI is InChI=1S/C17H14ClFN4O/c1-9-7-14(11(18)8-12(9)19)23-15-13(3-2-6-20-15)22-16(23)17(24)21-10-4-5-10/h2-3,6-8,10H,4-5H2,1H3,(H,21,24). The topological polar surface area (TPSA) is 59.8 Å². The van der Waals surface area contributed by atoms with Crippen LogP contribution in [-0.4, -0.2) is 26.5 Å². The van der Waals surface area contributed by atoms with E-state index in [0.29, 0.717) is 22.4 Å². The van der Waals surface area contributed by atoms with Crippen molar-refractivity contribution in [1.82, 2.24) is 19.9 Å². The Labute approximate surface area is 142 Å². The zero-order valence-electron chi connectivity index (χ0n) is 12.9. The summed E-state index contributed by atoms with van der Waals surface area (Å²) in [5.74, 6) is -0.484. The number of amides is 1. The maximum Gasteiger partial charge on any atom is 0.287 e. The number of rotatable bonds is 3. The van der Waals surface area contributed by atoms with Crippen LogP contribution in [-0.2, 0) is 0 Å². The second-order valence-corrected chi connectivity index (χ2v) is 6.32. The summed E-state index contributed by atoms with van der Waals surface area (Å²) >= 11 is 6.24. The Morgan fingerprint density at radius 1 is 1.42 bits per heavy atom. The molecule has 2 aromatic heterocycles. The van der Waals surface area contributed by atoms with Crippen LogP contribution in [0.15, 0.2) is 30.5 Å². The predicted octanol–water partition coefficient (Wildman–Crippen LogP) is 3.41. The Kier molecular flexibility index (Phi) is 3.49. The van der Waals surface area contributed by atoms with Gasteiger partial charge in [-0.3, -0.25) is 9.36 Å². The van der Waals surface area contributed by atoms with Crippen molar-refractivity contribution in [3.8, 4) is 5.69 Å². The molecule has 1 saturated carbocycles. The minimum Gasteiger partial charge on any atom is -0.347 e. The van der Waals surface area contributed by atoms with Gasteiger partial charge in [-0.25, -0.2) is 14.4 Å². The van der Waals surface area contributed by atoms with Gasteiger partial charge in [0.15, 0.2) is 5.65 Å². The quantitative estimate of drug-likeness (QED) is 0.792. The van der Waals surface area contributed by atoms with Crippen LogP contribution in [0.25, 0.3) is 16.9 Å². The molecule has 0 atom stereocenters. The van der Waals surface area contributed by atoms with Gasteiger partial charge >= 0.3 is 0 Å². The van der Waals surface area contributed by atoms with Gasteiger partial charge in [0.05, 0.1) is 10.7 Å². The molecule has 1 fully saturated rings. The maximum absolute atomic E-state index is 13.8. The van der Waals surface area contributed by atoms with E-state index >= 15 is 0 Å². The Morgan fingerprint density at radius 3 is 2.96 bits per heavy atom. The van der Waals surface area contributed by atoms with Crippen LogP contribution in [0.3, 0.4) is 0 Å². The zero-order valence-corrected chi connectivity index (χ0v) is 13.6. The van der Waals surface area contributed by atoms with E-state index in [1.54, 1.807) is 35.9 Å². The van der Waals surface area contributed by atoms with Crippen LogP contribution >= 0.6 is 11.6 Å². The molecule has 7 heteroatoms. The average Bonchev–Trinajstić information content (AvgIpc) is 3.28. The SMILES string of the molecule is Cc1cc(-n2c(C(=O)NC3CC3)nc3cccnc32)c(Cl)cc1F. The van der Waals surface area contributed by atoms with Crippen molar-refractivity contribution >= 4 is 28.7 Å². The first-order valence-corrected chi connectivity index (χ1v) is 8.03. The molecule has 0 unspecified atom stereocenters. The highest BCUT2D eigenvalue weighted by molar-refractivity contribution is 6.32. The number of benzene rings is 1. The summed E-state index contributed by atoms with van der Waals surface area (Å²) < 4.78 is 15.3. The van der Waals surface area contributed by atoms with Crippen molar-refractivity contribution in [1.29, 1.82) is 0 Å². The number of aryl methyl sites for hydroxylation is 1. The molecular weight excluding hydrogens is 331 g/mol. The molecule has 2 heterocycles. The lowest BCUT2D eigenvalue weighted by Gasteiger charge is -2.12. The van der Waals surface area contributed by atoms with E-state index in [-0.39, 0.29) is 22.8 Å². The van der Waals surface area contributed by atoms with E-state index in [0.717, 1.165) is 12.8 Å². The lowest BCUT2D eigenvalue weighted by Crippen LogP contribution is -2.28. The average molecular weight is 345 g/mol. The minimum absolute atomic E-state index is 0.198. The van der Waals surface area contributed by atoms with Crippen LogP contribution in [0, 0.1) is 12.7 Å². The van der Waals surface area contributed by atoms with Crippen LogP contribution < -0.4 is 5.32 Å². The van der Waals surface area contributed by atoms with Crippen LogP contribution in [0.1, 0.15) is 29.0 Å². The molecule has 0 radical (unpaired) electrons. The van der Waals surface area contributed by atoms with E-state index < -0.39 is 5.82 Å². The summed E-state index contributed by atoms with van der Waals surface area (Å²) in [6, 6.07) is 6.56. The first kappa shape index (κ1) is 15.1. The lowest BCUT2D eigenvalue weighted by atomic mass is 10.2. The lowest BCUT2D eigenvalue weighted by molar-refractivity contribution is 0.0939. The number of nitrogens with one attached hydrogen (secondary N) is 1. The summed E-state index contributed by atoms with van der Waals surface area (Å²) in [6.07, 6.45) is 3.56. The second-order valence-electron chi connectivity index (χ2n) is 5.92. The van der Waals surface area contributed by atoms with E-state index in [9.17, 15) is 9.18 Å². The fraction of sp³-hybridized carbons (Fsp3) is 0.235. The van der Waals surface area contributed by atoms with E-state index in [2.05, 4.69) is 15.3 Å². The molecule has 5 nitrogen and oxygen atoms in total. The summed E-state index contributed by atoms with van der Waals surface area (Å²) in [7, 11) is 0. The number of hydrogen-bond acceptors (Lipinski definition) is 3. The first-order valence-electron chi connectivity index (χ1n) is 7.65. The Balaban J connectivity index is 1.95. The molecule has 4 rings (SSSR count). The summed E-state index contributed by atoms with van der Waals surface area (Å²) in [5, 5.41) is 3.12. The third-order valence-corrected chi connectivity index (χ3v) is 4.30. The molecule has 1 aliphatic rings. The third kappa shape index (κ3) is 2.53. The zero-order chi connectivity index (χ0) is 16.8. The van der Waals surface area contributed by atoms with E-state index in [1.165, 1.54) is 6.07 Å². The normalized spacial score (nSPS) is 14.1. The van der Waals surface area contributed by atoms with Gasteiger partial charge in [0.2, 0.25) is 5.82 Å². The summed E-state index contributed by atoms with van der Waals surface area (Å²) in [4.78, 5) is 21.3. The molecule has 1 amide bonds. The molecule has 0 saturated heterocycles. The van der Waals surface area contributed by atoms with Crippen molar-refractivity contribution in [2.45, 2.75) is 25.8 Å². The van der Waals surface area contributed by atoms with Crippen LogP contribution in [0.2, 0.25) is 5.02 Å². The van der Waals surface area contributed by atoms with Crippen molar-refractivity contribution in [2.75, 3.05) is 0 Å². The Morgan fingerprint density at radius 2 is 2.21 bits per heavy atom. The summed E-state index contributed by atoms with van der Waals surface area (Å²) in [5.41, 5.74) is 2.00. The second kappa shape index (κ2) is 5.56. The minimum atomic E-state index is -0.398. The molecule has 0 bridgehead atoms. The maximum atomic E-state index is 13.8. The number of imidazole rings is 1. The Bertz CT molecular complexity index is 965. The number of hydrogen-bond donors (Lipinski definition) is 1. The van der Waals surface area contributed by atoms with Gasteiger partial charge in [0.1, 0.15) is 11.3 Å². The molecule has 122 valence electrons. The number of nitrogens with zero attached hydrogens (tertiary/aromatic N) is 3. The van der Waals surface area contributed by atoms with Crippen LogP contribution in [0.5, 0.6) is 0 Å². The highest BCUT2D eigenvalue weighted by atomic mass is 35.5. The first-order chi connectivity index (χ1) is 11.5. The van der Waals surface area contributed by atoms with Gasteiger partial charge in [-0.2, -0.15) is 0 Å². The van der Waals surface area contributed by atoms with Crippen molar-refractivity contribution in [3.05, 3.63) is 52.7 Å². The van der Waals surface area contributed by atoms with Gasteiger partial charge in [-0.05, 0) is 49.6 Å². The number of aromatic nitrogens is 3. The molecule has 1 aliphatic carbocycles. The Hall–Kier alpha value is -2.47. The van der Waals surface area contributed by atoms with Gasteiger partial charge in [-0.15, -0.1) is 0 Å². The third-order valence-electron chi connectivity index (χ3n) is 4.00. The monoisotopic (exact) mass is 344 g/mol. The molecule has 0 aliphatic heterocycles. The van der Waals surface area contributed by atoms with E-state index in [1.807, 2.05) is 0 Å². The van der Waals surface area contributed by atoms with Crippen molar-refractivity contribution in [2.24, 2.45) is 0 Å². The fourth-order valence-electron chi connectivity index (χ4n) is 2.58. The number of pyridine rings is 1. The number of fused-ring (bicyclic) bond motifs is 1. The summed E-state index contributed by atoms with van der Waals surface area (Å²) in [6.45, 7) is 1.64. The predicted molar refractivity (Wildman–Crippen MR) is 89.1 cm³/mol. The number of carbonyl (C=O) groups excluding carboxylic acids is 1. The van der Waals surface area contributed by atoms with Crippen molar-refractivity contribution < 1.29 is 9.18 Å². The molecule has 1 aromatic carbocycles. The van der Waals surface area contributed by atoms with Gasteiger partial charge < -0.3 is 5.32 Å². The molecular formula is C17H14ClFN4O. The highest BCUT2D eigenvalue weighted by Gasteiger charge is 2.28.